The summed E-state index contributed by atoms with van der Waals surface area (Å²) in [6.07, 6.45) is 0.0309. The van der Waals surface area contributed by atoms with Crippen molar-refractivity contribution in [3.8, 4) is 5.88 Å². The topological polar surface area (TPSA) is 60.5 Å². The van der Waals surface area contributed by atoms with Gasteiger partial charge in [-0.05, 0) is 30.4 Å². The van der Waals surface area contributed by atoms with Crippen LogP contribution in [-0.2, 0) is 4.74 Å². The first-order valence-corrected chi connectivity index (χ1v) is 8.26. The fraction of sp³-hybridized carbons (Fsp3) is 0.375. The van der Waals surface area contributed by atoms with Gasteiger partial charge in [-0.25, -0.2) is 18.6 Å². The molecule has 5 nitrogen and oxygen atoms in total. The minimum Gasteiger partial charge on any atom is -0.481 e. The van der Waals surface area contributed by atoms with E-state index < -0.39 is 23.8 Å². The van der Waals surface area contributed by atoms with Crippen molar-refractivity contribution in [3.05, 3.63) is 35.0 Å². The van der Waals surface area contributed by atoms with E-state index in [1.807, 2.05) is 0 Å². The number of carbonyl (C=O) groups excluding carboxylic acids is 1. The molecule has 0 saturated heterocycles. The Balaban J connectivity index is 2.28. The monoisotopic (exact) mass is 400 g/mol. The van der Waals surface area contributed by atoms with Crippen LogP contribution >= 0.6 is 15.9 Å². The van der Waals surface area contributed by atoms with Crippen LogP contribution in [0.15, 0.2) is 12.1 Å². The number of methoxy groups -OCH3 is 1. The third-order valence-corrected chi connectivity index (χ3v) is 4.92. The van der Waals surface area contributed by atoms with Crippen LogP contribution in [0.5, 0.6) is 5.88 Å². The predicted octanol–water partition coefficient (Wildman–Crippen LogP) is 4.15. The molecule has 24 heavy (non-hydrogen) atoms. The molecule has 2 aromatic rings. The molecule has 1 N–H and O–H groups in total. The SMILES string of the molecule is CNC(=O)OC1CCC(Br)c2nc(OC)c3cc(F)c(F)cc3c21. The molecule has 0 spiro atoms. The number of alkyl halides is 1. The quantitative estimate of drug-likeness (QED) is 0.769. The number of nitrogens with zero attached hydrogens (tertiary/aromatic N) is 1. The summed E-state index contributed by atoms with van der Waals surface area (Å²) < 4.78 is 38.1. The van der Waals surface area contributed by atoms with E-state index >= 15 is 0 Å². The standard InChI is InChI=1S/C16H15BrF2N2O3/c1-20-16(22)24-12-4-3-9(17)14-13(12)7-5-10(18)11(19)6-8(7)15(21-14)23-2/h5-6,9,12H,3-4H2,1-2H3,(H,20,22). The molecule has 2 atom stereocenters. The van der Waals surface area contributed by atoms with Crippen LogP contribution in [0.3, 0.4) is 0 Å². The highest BCUT2D eigenvalue weighted by molar-refractivity contribution is 9.09. The summed E-state index contributed by atoms with van der Waals surface area (Å²) in [6.45, 7) is 0. The van der Waals surface area contributed by atoms with Gasteiger partial charge in [0.25, 0.3) is 0 Å². The van der Waals surface area contributed by atoms with Gasteiger partial charge in [0.05, 0.1) is 17.6 Å². The molecule has 1 aromatic heterocycles. The maximum absolute atomic E-state index is 13.8. The number of rotatable bonds is 2. The van der Waals surface area contributed by atoms with Crippen molar-refractivity contribution in [1.82, 2.24) is 10.3 Å². The third-order valence-electron chi connectivity index (χ3n) is 4.03. The Bertz CT molecular complexity index is 816. The Morgan fingerprint density at radius 2 is 1.96 bits per heavy atom. The summed E-state index contributed by atoms with van der Waals surface area (Å²) in [6, 6.07) is 2.14. The van der Waals surface area contributed by atoms with Gasteiger partial charge in [0.1, 0.15) is 6.10 Å². The van der Waals surface area contributed by atoms with Crippen molar-refractivity contribution in [1.29, 1.82) is 0 Å². The first kappa shape index (κ1) is 16.9. The Labute approximate surface area is 145 Å². The second-order valence-corrected chi connectivity index (χ2v) is 6.53. The Hall–Kier alpha value is -1.96. The lowest BCUT2D eigenvalue weighted by Gasteiger charge is -2.29. The first-order chi connectivity index (χ1) is 11.5. The average molecular weight is 401 g/mol. The summed E-state index contributed by atoms with van der Waals surface area (Å²) in [5.41, 5.74) is 1.17. The van der Waals surface area contributed by atoms with Gasteiger partial charge in [-0.1, -0.05) is 15.9 Å². The molecule has 0 fully saturated rings. The molecule has 0 aliphatic heterocycles. The second-order valence-electron chi connectivity index (χ2n) is 5.42. The molecule has 0 saturated carbocycles. The molecule has 2 unspecified atom stereocenters. The smallest absolute Gasteiger partial charge is 0.407 e. The Kier molecular flexibility index (Phi) is 4.58. The van der Waals surface area contributed by atoms with E-state index in [0.29, 0.717) is 34.9 Å². The lowest BCUT2D eigenvalue weighted by atomic mass is 9.89. The van der Waals surface area contributed by atoms with Crippen LogP contribution in [0.4, 0.5) is 13.6 Å². The summed E-state index contributed by atoms with van der Waals surface area (Å²) in [5.74, 6) is -1.77. The van der Waals surface area contributed by atoms with Crippen molar-refractivity contribution in [3.63, 3.8) is 0 Å². The van der Waals surface area contributed by atoms with Gasteiger partial charge >= 0.3 is 6.09 Å². The van der Waals surface area contributed by atoms with Crippen LogP contribution in [0.2, 0.25) is 0 Å². The lowest BCUT2D eigenvalue weighted by Crippen LogP contribution is -2.25. The van der Waals surface area contributed by atoms with E-state index in [0.717, 1.165) is 12.1 Å². The van der Waals surface area contributed by atoms with E-state index in [1.165, 1.54) is 14.2 Å². The largest absolute Gasteiger partial charge is 0.481 e. The first-order valence-electron chi connectivity index (χ1n) is 7.35. The minimum atomic E-state index is -0.988. The number of benzene rings is 1. The highest BCUT2D eigenvalue weighted by Gasteiger charge is 2.33. The summed E-state index contributed by atoms with van der Waals surface area (Å²) >= 11 is 3.54. The van der Waals surface area contributed by atoms with Gasteiger partial charge in [0.15, 0.2) is 11.6 Å². The number of ether oxygens (including phenoxy) is 2. The van der Waals surface area contributed by atoms with Gasteiger partial charge in [-0.3, -0.25) is 0 Å². The number of carbonyl (C=O) groups is 1. The van der Waals surface area contributed by atoms with Crippen LogP contribution in [0.1, 0.15) is 35.0 Å². The van der Waals surface area contributed by atoms with Crippen molar-refractivity contribution in [2.24, 2.45) is 0 Å². The van der Waals surface area contributed by atoms with Gasteiger partial charge in [0, 0.05) is 18.0 Å². The molecule has 0 bridgehead atoms. The molecular formula is C16H15BrF2N2O3. The Morgan fingerprint density at radius 3 is 2.58 bits per heavy atom. The van der Waals surface area contributed by atoms with Gasteiger partial charge < -0.3 is 14.8 Å². The van der Waals surface area contributed by atoms with Crippen LogP contribution in [0.25, 0.3) is 10.8 Å². The van der Waals surface area contributed by atoms with E-state index in [1.54, 1.807) is 0 Å². The number of halogens is 3. The second kappa shape index (κ2) is 6.51. The molecule has 1 aromatic carbocycles. The van der Waals surface area contributed by atoms with Crippen LogP contribution in [-0.4, -0.2) is 25.2 Å². The summed E-state index contributed by atoms with van der Waals surface area (Å²) in [4.78, 5) is 16.0. The van der Waals surface area contributed by atoms with Crippen LogP contribution < -0.4 is 10.1 Å². The van der Waals surface area contributed by atoms with Crippen molar-refractivity contribution >= 4 is 32.8 Å². The molecule has 3 rings (SSSR count). The lowest BCUT2D eigenvalue weighted by molar-refractivity contribution is 0.0894. The van der Waals surface area contributed by atoms with Gasteiger partial charge in [-0.2, -0.15) is 0 Å². The number of aromatic nitrogens is 1. The minimum absolute atomic E-state index is 0.0940. The average Bonchev–Trinajstić information content (AvgIpc) is 2.57. The van der Waals surface area contributed by atoms with E-state index in [9.17, 15) is 13.6 Å². The molecule has 1 aliphatic rings. The molecule has 1 heterocycles. The predicted molar refractivity (Wildman–Crippen MR) is 87.4 cm³/mol. The molecule has 1 amide bonds. The summed E-state index contributed by atoms with van der Waals surface area (Å²) in [5, 5.41) is 3.15. The van der Waals surface area contributed by atoms with Crippen molar-refractivity contribution < 1.29 is 23.0 Å². The number of alkyl carbamates (subject to hydrolysis) is 1. The maximum Gasteiger partial charge on any atom is 0.407 e. The molecule has 1 aliphatic carbocycles. The number of fused-ring (bicyclic) bond motifs is 3. The number of nitrogens with one attached hydrogen (secondary N) is 1. The van der Waals surface area contributed by atoms with Crippen molar-refractivity contribution in [2.75, 3.05) is 14.2 Å². The van der Waals surface area contributed by atoms with Gasteiger partial charge in [0.2, 0.25) is 5.88 Å². The fourth-order valence-electron chi connectivity index (χ4n) is 2.93. The number of amides is 1. The van der Waals surface area contributed by atoms with Crippen LogP contribution in [0, 0.1) is 11.6 Å². The van der Waals surface area contributed by atoms with Crippen molar-refractivity contribution in [2.45, 2.75) is 23.8 Å². The normalized spacial score (nSPS) is 19.7. The fourth-order valence-corrected chi connectivity index (χ4v) is 3.55. The Morgan fingerprint density at radius 1 is 1.29 bits per heavy atom. The molecule has 0 radical (unpaired) electrons. The van der Waals surface area contributed by atoms with E-state index in [2.05, 4.69) is 26.2 Å². The highest BCUT2D eigenvalue weighted by atomic mass is 79.9. The zero-order valence-electron chi connectivity index (χ0n) is 13.0. The zero-order chi connectivity index (χ0) is 17.4. The molecular weight excluding hydrogens is 386 g/mol. The maximum atomic E-state index is 13.8. The molecule has 128 valence electrons. The van der Waals surface area contributed by atoms with E-state index in [-0.39, 0.29) is 10.7 Å². The number of pyridine rings is 1. The number of hydrogen-bond acceptors (Lipinski definition) is 4. The van der Waals surface area contributed by atoms with Gasteiger partial charge in [-0.15, -0.1) is 0 Å². The van der Waals surface area contributed by atoms with E-state index in [4.69, 9.17) is 9.47 Å². The zero-order valence-corrected chi connectivity index (χ0v) is 14.6. The molecule has 8 heteroatoms. The highest BCUT2D eigenvalue weighted by Crippen LogP contribution is 2.46. The third kappa shape index (κ3) is 2.79. The summed E-state index contributed by atoms with van der Waals surface area (Å²) in [7, 11) is 2.87. The number of hydrogen-bond donors (Lipinski definition) is 1.